The van der Waals surface area contributed by atoms with E-state index in [0.717, 1.165) is 22.5 Å². The van der Waals surface area contributed by atoms with Gasteiger partial charge in [-0.1, -0.05) is 36.4 Å². The van der Waals surface area contributed by atoms with Crippen LogP contribution in [0.15, 0.2) is 48.5 Å². The standard InChI is InChI=1S/C15H12N2O2/c18-14-15(11-6-2-4-8-13(11)16-14)17-12-7-3-1-5-10(12)9-19-15/h1-8,17H,9H2,(H,16,18). The lowest BCUT2D eigenvalue weighted by atomic mass is 10.0. The number of carbonyl (C=O) groups is 1. The molecule has 0 bridgehead atoms. The maximum atomic E-state index is 12.3. The van der Waals surface area contributed by atoms with Gasteiger partial charge in [-0.15, -0.1) is 0 Å². The monoisotopic (exact) mass is 252 g/mol. The molecular formula is C15H12N2O2. The SMILES string of the molecule is O=C1Nc2ccccc2C12Nc1ccccc1CO2. The van der Waals surface area contributed by atoms with E-state index in [9.17, 15) is 4.79 Å². The lowest BCUT2D eigenvalue weighted by Gasteiger charge is -2.35. The minimum atomic E-state index is -1.09. The third-order valence-electron chi connectivity index (χ3n) is 3.65. The Morgan fingerprint density at radius 3 is 2.63 bits per heavy atom. The van der Waals surface area contributed by atoms with Crippen molar-refractivity contribution in [2.75, 3.05) is 10.6 Å². The Labute approximate surface area is 110 Å². The Hall–Kier alpha value is -2.33. The van der Waals surface area contributed by atoms with Gasteiger partial charge in [-0.2, -0.15) is 0 Å². The molecule has 1 spiro atoms. The molecule has 2 aliphatic heterocycles. The molecule has 1 atom stereocenters. The van der Waals surface area contributed by atoms with E-state index in [-0.39, 0.29) is 5.91 Å². The van der Waals surface area contributed by atoms with Gasteiger partial charge < -0.3 is 15.4 Å². The van der Waals surface area contributed by atoms with Crippen molar-refractivity contribution < 1.29 is 9.53 Å². The number of benzene rings is 2. The molecule has 4 rings (SSSR count). The molecule has 2 aromatic rings. The number of fused-ring (bicyclic) bond motifs is 3. The normalized spacial score (nSPS) is 23.5. The zero-order chi connectivity index (χ0) is 12.9. The number of ether oxygens (including phenoxy) is 1. The molecule has 2 heterocycles. The summed E-state index contributed by atoms with van der Waals surface area (Å²) in [5, 5.41) is 6.11. The molecule has 0 aliphatic carbocycles. The molecule has 4 heteroatoms. The van der Waals surface area contributed by atoms with Crippen LogP contribution in [-0.2, 0) is 21.9 Å². The van der Waals surface area contributed by atoms with Gasteiger partial charge in [0.05, 0.1) is 6.61 Å². The Balaban J connectivity index is 1.87. The summed E-state index contributed by atoms with van der Waals surface area (Å²) in [7, 11) is 0. The van der Waals surface area contributed by atoms with Gasteiger partial charge in [-0.3, -0.25) is 4.79 Å². The molecule has 2 N–H and O–H groups in total. The zero-order valence-electron chi connectivity index (χ0n) is 10.1. The van der Waals surface area contributed by atoms with Gasteiger partial charge in [-0.05, 0) is 12.1 Å². The van der Waals surface area contributed by atoms with Crippen LogP contribution in [0.5, 0.6) is 0 Å². The number of para-hydroxylation sites is 2. The summed E-state index contributed by atoms with van der Waals surface area (Å²) in [6.07, 6.45) is 0. The zero-order valence-corrected chi connectivity index (χ0v) is 10.1. The number of nitrogens with one attached hydrogen (secondary N) is 2. The summed E-state index contributed by atoms with van der Waals surface area (Å²) in [4.78, 5) is 12.3. The van der Waals surface area contributed by atoms with Crippen LogP contribution in [0, 0.1) is 0 Å². The Morgan fingerprint density at radius 2 is 1.74 bits per heavy atom. The molecule has 0 saturated carbocycles. The van der Waals surface area contributed by atoms with Gasteiger partial charge in [0.1, 0.15) is 0 Å². The predicted molar refractivity (Wildman–Crippen MR) is 71.6 cm³/mol. The van der Waals surface area contributed by atoms with Crippen LogP contribution in [0.2, 0.25) is 0 Å². The first kappa shape index (κ1) is 10.6. The summed E-state index contributed by atoms with van der Waals surface area (Å²) in [6, 6.07) is 15.5. The molecular weight excluding hydrogens is 240 g/mol. The van der Waals surface area contributed by atoms with Crippen LogP contribution < -0.4 is 10.6 Å². The summed E-state index contributed by atoms with van der Waals surface area (Å²) >= 11 is 0. The van der Waals surface area contributed by atoms with E-state index < -0.39 is 5.72 Å². The van der Waals surface area contributed by atoms with E-state index in [0.29, 0.717) is 6.61 Å². The minimum absolute atomic E-state index is 0.164. The van der Waals surface area contributed by atoms with Crippen molar-refractivity contribution in [3.8, 4) is 0 Å². The molecule has 19 heavy (non-hydrogen) atoms. The highest BCUT2D eigenvalue weighted by Crippen LogP contribution is 2.43. The second-order valence-corrected chi connectivity index (χ2v) is 4.75. The van der Waals surface area contributed by atoms with Crippen molar-refractivity contribution in [3.63, 3.8) is 0 Å². The molecule has 0 fully saturated rings. The van der Waals surface area contributed by atoms with Crippen LogP contribution in [0.4, 0.5) is 11.4 Å². The molecule has 1 unspecified atom stereocenters. The van der Waals surface area contributed by atoms with Gasteiger partial charge in [0.15, 0.2) is 0 Å². The molecule has 0 saturated heterocycles. The van der Waals surface area contributed by atoms with E-state index in [1.165, 1.54) is 0 Å². The second-order valence-electron chi connectivity index (χ2n) is 4.75. The summed E-state index contributed by atoms with van der Waals surface area (Å²) in [6.45, 7) is 0.422. The maximum absolute atomic E-state index is 12.3. The lowest BCUT2D eigenvalue weighted by molar-refractivity contribution is -0.140. The van der Waals surface area contributed by atoms with Crippen LogP contribution >= 0.6 is 0 Å². The van der Waals surface area contributed by atoms with E-state index in [1.807, 2.05) is 48.5 Å². The number of hydrogen-bond acceptors (Lipinski definition) is 3. The van der Waals surface area contributed by atoms with Gasteiger partial charge in [-0.25, -0.2) is 0 Å². The van der Waals surface area contributed by atoms with Crippen molar-refractivity contribution in [1.82, 2.24) is 0 Å². The molecule has 0 aromatic heterocycles. The van der Waals surface area contributed by atoms with Crippen molar-refractivity contribution in [1.29, 1.82) is 0 Å². The Bertz CT molecular complexity index is 683. The van der Waals surface area contributed by atoms with Gasteiger partial charge >= 0.3 is 0 Å². The fraction of sp³-hybridized carbons (Fsp3) is 0.133. The van der Waals surface area contributed by atoms with Crippen molar-refractivity contribution in [2.45, 2.75) is 12.3 Å². The predicted octanol–water partition coefficient (Wildman–Crippen LogP) is 2.43. The Kier molecular flexibility index (Phi) is 2.00. The number of amides is 1. The van der Waals surface area contributed by atoms with E-state index in [2.05, 4.69) is 10.6 Å². The van der Waals surface area contributed by atoms with Crippen molar-refractivity contribution >= 4 is 17.3 Å². The van der Waals surface area contributed by atoms with Crippen LogP contribution in [0.25, 0.3) is 0 Å². The van der Waals surface area contributed by atoms with Crippen molar-refractivity contribution in [2.24, 2.45) is 0 Å². The lowest BCUT2D eigenvalue weighted by Crippen LogP contribution is -2.47. The smallest absolute Gasteiger partial charge is 0.282 e. The van der Waals surface area contributed by atoms with E-state index >= 15 is 0 Å². The Morgan fingerprint density at radius 1 is 1.00 bits per heavy atom. The first-order chi connectivity index (χ1) is 9.29. The summed E-state index contributed by atoms with van der Waals surface area (Å²) < 4.78 is 5.87. The third kappa shape index (κ3) is 1.34. The first-order valence-corrected chi connectivity index (χ1v) is 6.21. The number of carbonyl (C=O) groups excluding carboxylic acids is 1. The van der Waals surface area contributed by atoms with E-state index in [1.54, 1.807) is 0 Å². The fourth-order valence-electron chi connectivity index (χ4n) is 2.68. The highest BCUT2D eigenvalue weighted by atomic mass is 16.5. The molecule has 94 valence electrons. The quantitative estimate of drug-likeness (QED) is 0.757. The second kappa shape index (κ2) is 3.59. The fourth-order valence-corrected chi connectivity index (χ4v) is 2.68. The molecule has 0 radical (unpaired) electrons. The molecule has 2 aliphatic rings. The molecule has 1 amide bonds. The van der Waals surface area contributed by atoms with Gasteiger partial charge in [0.25, 0.3) is 5.91 Å². The summed E-state index contributed by atoms with van der Waals surface area (Å²) in [5.41, 5.74) is 2.56. The number of rotatable bonds is 0. The third-order valence-corrected chi connectivity index (χ3v) is 3.65. The average molecular weight is 252 g/mol. The van der Waals surface area contributed by atoms with Crippen LogP contribution in [-0.4, -0.2) is 5.91 Å². The van der Waals surface area contributed by atoms with Crippen LogP contribution in [0.3, 0.4) is 0 Å². The molecule has 4 nitrogen and oxygen atoms in total. The molecule has 2 aromatic carbocycles. The number of hydrogen-bond donors (Lipinski definition) is 2. The highest BCUT2D eigenvalue weighted by molar-refractivity contribution is 6.06. The van der Waals surface area contributed by atoms with Crippen molar-refractivity contribution in [3.05, 3.63) is 59.7 Å². The highest BCUT2D eigenvalue weighted by Gasteiger charge is 2.50. The van der Waals surface area contributed by atoms with Gasteiger partial charge in [0, 0.05) is 22.5 Å². The maximum Gasteiger partial charge on any atom is 0.282 e. The first-order valence-electron chi connectivity index (χ1n) is 6.21. The average Bonchev–Trinajstić information content (AvgIpc) is 2.72. The van der Waals surface area contributed by atoms with Gasteiger partial charge in [0.2, 0.25) is 5.72 Å². The van der Waals surface area contributed by atoms with E-state index in [4.69, 9.17) is 4.74 Å². The topological polar surface area (TPSA) is 50.4 Å². The minimum Gasteiger partial charge on any atom is -0.346 e. The summed E-state index contributed by atoms with van der Waals surface area (Å²) in [5.74, 6) is -0.164. The van der Waals surface area contributed by atoms with Crippen LogP contribution in [0.1, 0.15) is 11.1 Å². The largest absolute Gasteiger partial charge is 0.346 e. The number of anilines is 2.